The minimum atomic E-state index is -3.41. The molecule has 1 heterocycles. The molecule has 4 nitrogen and oxygen atoms in total. The van der Waals surface area contributed by atoms with Gasteiger partial charge in [0.1, 0.15) is 0 Å². The Bertz CT molecular complexity index is 634. The molecule has 0 amide bonds. The van der Waals surface area contributed by atoms with Crippen molar-refractivity contribution in [3.63, 3.8) is 0 Å². The molecule has 122 valence electrons. The molecule has 0 saturated carbocycles. The van der Waals surface area contributed by atoms with Crippen LogP contribution in [0, 0.1) is 5.41 Å². The lowest BCUT2D eigenvalue weighted by molar-refractivity contribution is 0.238. The highest BCUT2D eigenvalue weighted by atomic mass is 32.2. The molecule has 0 aromatic heterocycles. The van der Waals surface area contributed by atoms with E-state index < -0.39 is 10.0 Å². The number of fused-ring (bicyclic) bond motifs is 1. The largest absolute Gasteiger partial charge is 0.316 e. The zero-order valence-electron chi connectivity index (χ0n) is 13.3. The van der Waals surface area contributed by atoms with Crippen LogP contribution in [0.5, 0.6) is 0 Å². The van der Waals surface area contributed by atoms with Gasteiger partial charge in [0.25, 0.3) is 0 Å². The van der Waals surface area contributed by atoms with Gasteiger partial charge in [-0.05, 0) is 73.7 Å². The topological polar surface area (TPSA) is 58.2 Å². The van der Waals surface area contributed by atoms with Crippen molar-refractivity contribution in [1.29, 1.82) is 0 Å². The number of piperidine rings is 1. The summed E-state index contributed by atoms with van der Waals surface area (Å²) in [5, 5.41) is 3.36. The summed E-state index contributed by atoms with van der Waals surface area (Å²) in [5.41, 5.74) is 2.54. The number of rotatable bonds is 4. The summed E-state index contributed by atoms with van der Waals surface area (Å²) in [7, 11) is -3.41. The molecule has 5 heteroatoms. The molecule has 0 bridgehead atoms. The van der Waals surface area contributed by atoms with Crippen LogP contribution in [-0.4, -0.2) is 28.1 Å². The van der Waals surface area contributed by atoms with Crippen molar-refractivity contribution in [3.8, 4) is 0 Å². The summed E-state index contributed by atoms with van der Waals surface area (Å²) < 4.78 is 28.0. The summed E-state index contributed by atoms with van der Waals surface area (Å²) in [6, 6.07) is 5.62. The van der Waals surface area contributed by atoms with Gasteiger partial charge in [-0.3, -0.25) is 0 Å². The summed E-state index contributed by atoms with van der Waals surface area (Å²) in [4.78, 5) is 0.417. The Labute approximate surface area is 133 Å². The zero-order valence-corrected chi connectivity index (χ0v) is 14.1. The fourth-order valence-electron chi connectivity index (χ4n) is 3.50. The summed E-state index contributed by atoms with van der Waals surface area (Å²) >= 11 is 0. The Balaban J connectivity index is 1.72. The number of sulfonamides is 1. The molecule has 1 aromatic rings. The fourth-order valence-corrected chi connectivity index (χ4v) is 4.75. The van der Waals surface area contributed by atoms with E-state index in [0.717, 1.165) is 45.2 Å². The van der Waals surface area contributed by atoms with Gasteiger partial charge in [0.2, 0.25) is 10.0 Å². The highest BCUT2D eigenvalue weighted by Crippen LogP contribution is 2.26. The Hall–Kier alpha value is -0.910. The van der Waals surface area contributed by atoms with E-state index in [2.05, 4.69) is 17.0 Å². The lowest BCUT2D eigenvalue weighted by Gasteiger charge is -2.34. The van der Waals surface area contributed by atoms with E-state index in [9.17, 15) is 8.42 Å². The van der Waals surface area contributed by atoms with Crippen LogP contribution >= 0.6 is 0 Å². The van der Waals surface area contributed by atoms with Crippen LogP contribution < -0.4 is 10.0 Å². The first-order valence-electron chi connectivity index (χ1n) is 8.31. The first-order valence-corrected chi connectivity index (χ1v) is 9.79. The van der Waals surface area contributed by atoms with Crippen LogP contribution in [0.25, 0.3) is 0 Å². The normalized spacial score (nSPS) is 25.7. The van der Waals surface area contributed by atoms with E-state index in [1.165, 1.54) is 17.5 Å². The number of hydrogen-bond acceptors (Lipinski definition) is 3. The molecule has 1 unspecified atom stereocenters. The monoisotopic (exact) mass is 322 g/mol. The van der Waals surface area contributed by atoms with Crippen molar-refractivity contribution in [2.45, 2.75) is 50.3 Å². The molecule has 3 rings (SSSR count). The quantitative estimate of drug-likeness (QED) is 0.894. The van der Waals surface area contributed by atoms with Crippen LogP contribution in [0.1, 0.15) is 43.7 Å². The minimum Gasteiger partial charge on any atom is -0.316 e. The van der Waals surface area contributed by atoms with Gasteiger partial charge < -0.3 is 5.32 Å². The Morgan fingerprint density at radius 1 is 1.18 bits per heavy atom. The zero-order chi connectivity index (χ0) is 15.6. The van der Waals surface area contributed by atoms with Gasteiger partial charge in [-0.1, -0.05) is 13.0 Å². The Kier molecular flexibility index (Phi) is 4.57. The molecular weight excluding hydrogens is 296 g/mol. The van der Waals surface area contributed by atoms with Crippen molar-refractivity contribution in [1.82, 2.24) is 10.0 Å². The highest BCUT2D eigenvalue weighted by Gasteiger charge is 2.29. The first-order chi connectivity index (χ1) is 10.5. The van der Waals surface area contributed by atoms with Crippen molar-refractivity contribution in [3.05, 3.63) is 29.3 Å². The lowest BCUT2D eigenvalue weighted by Crippen LogP contribution is -2.45. The smallest absolute Gasteiger partial charge is 0.240 e. The van der Waals surface area contributed by atoms with Gasteiger partial charge in [-0.15, -0.1) is 0 Å². The van der Waals surface area contributed by atoms with Gasteiger partial charge in [0, 0.05) is 13.1 Å². The third kappa shape index (κ3) is 3.53. The fraction of sp³-hybridized carbons (Fsp3) is 0.647. The molecule has 1 aromatic carbocycles. The SMILES string of the molecule is CC1(CNS(=O)(=O)c2ccc3c(c2)CCCC3)CCCNC1. The van der Waals surface area contributed by atoms with Crippen molar-refractivity contribution in [2.24, 2.45) is 5.41 Å². The summed E-state index contributed by atoms with van der Waals surface area (Å²) in [6.45, 7) is 4.56. The Morgan fingerprint density at radius 3 is 2.68 bits per heavy atom. The summed E-state index contributed by atoms with van der Waals surface area (Å²) in [6.07, 6.45) is 6.62. The molecule has 0 spiro atoms. The predicted molar refractivity (Wildman–Crippen MR) is 88.5 cm³/mol. The van der Waals surface area contributed by atoms with E-state index in [-0.39, 0.29) is 5.41 Å². The van der Waals surface area contributed by atoms with E-state index in [1.54, 1.807) is 6.07 Å². The first kappa shape index (κ1) is 16.0. The predicted octanol–water partition coefficient (Wildman–Crippen LogP) is 2.23. The lowest BCUT2D eigenvalue weighted by atomic mass is 9.83. The number of hydrogen-bond donors (Lipinski definition) is 2. The highest BCUT2D eigenvalue weighted by molar-refractivity contribution is 7.89. The minimum absolute atomic E-state index is 0.0134. The van der Waals surface area contributed by atoms with Gasteiger partial charge in [-0.25, -0.2) is 13.1 Å². The van der Waals surface area contributed by atoms with E-state index in [0.29, 0.717) is 11.4 Å². The maximum absolute atomic E-state index is 12.6. The van der Waals surface area contributed by atoms with Gasteiger partial charge >= 0.3 is 0 Å². The average molecular weight is 322 g/mol. The number of benzene rings is 1. The van der Waals surface area contributed by atoms with Crippen molar-refractivity contribution < 1.29 is 8.42 Å². The molecule has 2 aliphatic rings. The van der Waals surface area contributed by atoms with Gasteiger partial charge in [0.15, 0.2) is 0 Å². The van der Waals surface area contributed by atoms with Crippen LogP contribution in [0.2, 0.25) is 0 Å². The molecule has 22 heavy (non-hydrogen) atoms. The van der Waals surface area contributed by atoms with E-state index in [4.69, 9.17) is 0 Å². The molecule has 1 atom stereocenters. The summed E-state index contributed by atoms with van der Waals surface area (Å²) in [5.74, 6) is 0. The Morgan fingerprint density at radius 2 is 1.95 bits per heavy atom. The molecular formula is C17H26N2O2S. The van der Waals surface area contributed by atoms with E-state index >= 15 is 0 Å². The van der Waals surface area contributed by atoms with Crippen LogP contribution in [0.15, 0.2) is 23.1 Å². The maximum Gasteiger partial charge on any atom is 0.240 e. The molecule has 2 N–H and O–H groups in total. The molecule has 0 radical (unpaired) electrons. The second kappa shape index (κ2) is 6.30. The van der Waals surface area contributed by atoms with Crippen LogP contribution in [0.3, 0.4) is 0 Å². The van der Waals surface area contributed by atoms with Gasteiger partial charge in [-0.2, -0.15) is 0 Å². The second-order valence-electron chi connectivity index (χ2n) is 7.05. The van der Waals surface area contributed by atoms with Crippen molar-refractivity contribution >= 4 is 10.0 Å². The number of nitrogens with one attached hydrogen (secondary N) is 2. The molecule has 1 fully saturated rings. The average Bonchev–Trinajstić information content (AvgIpc) is 2.53. The molecule has 1 aliphatic carbocycles. The molecule has 1 saturated heterocycles. The second-order valence-corrected chi connectivity index (χ2v) is 8.82. The standard InChI is InChI=1S/C17H26N2O2S/c1-17(9-4-10-18-12-17)13-19-22(20,21)16-8-7-14-5-2-3-6-15(14)11-16/h7-8,11,18-19H,2-6,9-10,12-13H2,1H3. The van der Waals surface area contributed by atoms with E-state index in [1.807, 2.05) is 12.1 Å². The van der Waals surface area contributed by atoms with Crippen molar-refractivity contribution in [2.75, 3.05) is 19.6 Å². The maximum atomic E-state index is 12.6. The third-order valence-corrected chi connectivity index (χ3v) is 6.40. The van der Waals surface area contributed by atoms with Crippen LogP contribution in [0.4, 0.5) is 0 Å². The van der Waals surface area contributed by atoms with Crippen LogP contribution in [-0.2, 0) is 22.9 Å². The van der Waals surface area contributed by atoms with Gasteiger partial charge in [0.05, 0.1) is 4.90 Å². The number of aryl methyl sites for hydroxylation is 2. The third-order valence-electron chi connectivity index (χ3n) is 5.00. The molecule has 1 aliphatic heterocycles.